The zero-order valence-electron chi connectivity index (χ0n) is 16.6. The molecule has 0 atom stereocenters. The minimum Gasteiger partial charge on any atom is -0.344 e. The van der Waals surface area contributed by atoms with Crippen LogP contribution in [0.15, 0.2) is 36.5 Å². The van der Waals surface area contributed by atoms with Crippen molar-refractivity contribution in [3.63, 3.8) is 0 Å². The smallest absolute Gasteiger partial charge is 0.0501 e. The number of aryl methyl sites for hydroxylation is 4. The van der Waals surface area contributed by atoms with Gasteiger partial charge in [0.05, 0.1) is 2.74 Å². The second kappa shape index (κ2) is 6.06. The largest absolute Gasteiger partial charge is 0.344 e. The fourth-order valence-corrected chi connectivity index (χ4v) is 3.56. The minimum atomic E-state index is -1.49. The van der Waals surface area contributed by atoms with Crippen LogP contribution in [0.4, 0.5) is 0 Å². The molecular formula is C21H25N3. The normalized spacial score (nSPS) is 16.8. The monoisotopic (exact) mass is 321 g/mol. The molecule has 0 N–H and O–H groups in total. The fraction of sp³-hybridized carbons (Fsp3) is 0.381. The van der Waals surface area contributed by atoms with E-state index in [1.165, 1.54) is 16.5 Å². The van der Waals surface area contributed by atoms with Crippen LogP contribution in [0, 0.1) is 13.8 Å². The minimum absolute atomic E-state index is 0.320. The van der Waals surface area contributed by atoms with Crippen LogP contribution in [0.3, 0.4) is 0 Å². The molecule has 1 aromatic carbocycles. The maximum atomic E-state index is 8.89. The van der Waals surface area contributed by atoms with Crippen molar-refractivity contribution in [2.24, 2.45) is 0 Å². The Hall–Kier alpha value is -2.13. The highest BCUT2D eigenvalue weighted by molar-refractivity contribution is 5.86. The first-order chi connectivity index (χ1) is 12.3. The van der Waals surface area contributed by atoms with Crippen LogP contribution in [0.2, 0.25) is 0 Å². The van der Waals surface area contributed by atoms with Gasteiger partial charge in [0.2, 0.25) is 0 Å². The average molecular weight is 321 g/mol. The number of benzene rings is 1. The van der Waals surface area contributed by atoms with Gasteiger partial charge in [-0.05, 0) is 56.6 Å². The summed E-state index contributed by atoms with van der Waals surface area (Å²) in [5.74, 6) is 0. The lowest BCUT2D eigenvalue weighted by atomic mass is 10.0. The number of aromatic nitrogens is 2. The quantitative estimate of drug-likeness (QED) is 0.730. The van der Waals surface area contributed by atoms with E-state index >= 15 is 0 Å². The highest BCUT2D eigenvalue weighted by atomic mass is 15.1. The second-order valence-corrected chi connectivity index (χ2v) is 6.91. The van der Waals surface area contributed by atoms with E-state index in [1.807, 2.05) is 23.6 Å². The fourth-order valence-electron chi connectivity index (χ4n) is 3.56. The predicted octanol–water partition coefficient (Wildman–Crippen LogP) is 3.88. The highest BCUT2D eigenvalue weighted by Crippen LogP contribution is 2.31. The van der Waals surface area contributed by atoms with Crippen molar-refractivity contribution in [1.29, 1.82) is 0 Å². The van der Waals surface area contributed by atoms with Gasteiger partial charge in [0.1, 0.15) is 0 Å². The Morgan fingerprint density at radius 1 is 1.21 bits per heavy atom. The van der Waals surface area contributed by atoms with Crippen LogP contribution in [0.5, 0.6) is 0 Å². The van der Waals surface area contributed by atoms with E-state index in [1.54, 1.807) is 6.20 Å². The van der Waals surface area contributed by atoms with Crippen molar-refractivity contribution in [3.05, 3.63) is 64.6 Å². The number of rotatable bonds is 3. The average Bonchev–Trinajstić information content (AvgIpc) is 2.90. The Kier molecular flexibility index (Phi) is 3.33. The molecule has 1 aliphatic heterocycles. The molecule has 3 heterocycles. The van der Waals surface area contributed by atoms with Gasteiger partial charge in [-0.25, -0.2) is 0 Å². The Labute approximate surface area is 146 Å². The van der Waals surface area contributed by atoms with E-state index in [2.05, 4.69) is 42.1 Å². The molecule has 0 aliphatic carbocycles. The molecule has 0 fully saturated rings. The van der Waals surface area contributed by atoms with Gasteiger partial charge in [-0.2, -0.15) is 0 Å². The molecule has 0 saturated heterocycles. The Bertz CT molecular complexity index is 958. The molecule has 24 heavy (non-hydrogen) atoms. The first-order valence-electron chi connectivity index (χ1n) is 9.58. The summed E-state index contributed by atoms with van der Waals surface area (Å²) < 4.78 is 19.7. The van der Waals surface area contributed by atoms with Crippen LogP contribution in [0.25, 0.3) is 10.9 Å². The number of hydrogen-bond acceptors (Lipinski definition) is 2. The van der Waals surface area contributed by atoms with Crippen LogP contribution in [-0.4, -0.2) is 28.0 Å². The Morgan fingerprint density at radius 3 is 2.88 bits per heavy atom. The zero-order valence-corrected chi connectivity index (χ0v) is 14.6. The van der Waals surface area contributed by atoms with E-state index in [0.717, 1.165) is 42.0 Å². The van der Waals surface area contributed by atoms with Gasteiger partial charge in [-0.15, -0.1) is 0 Å². The van der Waals surface area contributed by atoms with Crippen molar-refractivity contribution in [1.82, 2.24) is 14.5 Å². The van der Waals surface area contributed by atoms with Crippen molar-refractivity contribution < 1.29 is 2.74 Å². The van der Waals surface area contributed by atoms with Crippen molar-refractivity contribution >= 4 is 10.9 Å². The summed E-state index contributed by atoms with van der Waals surface area (Å²) in [6.45, 7) is 4.40. The van der Waals surface area contributed by atoms with E-state index < -0.39 is 6.50 Å². The number of pyridine rings is 1. The summed E-state index contributed by atoms with van der Waals surface area (Å²) >= 11 is 0. The number of hydrogen-bond donors (Lipinski definition) is 0. The van der Waals surface area contributed by atoms with Gasteiger partial charge in [0, 0.05) is 54.5 Å². The standard InChI is InChI=1S/C21H25N3/c1-15-4-7-20-18(12-15)19-14-23(3)10-9-21(19)24(20)11-8-17-6-5-16(2)22-13-17/h4-7,12-13H,8-11,14H2,1-3H3/i11D2. The van der Waals surface area contributed by atoms with E-state index in [4.69, 9.17) is 2.74 Å². The van der Waals surface area contributed by atoms with Gasteiger partial charge in [0.15, 0.2) is 0 Å². The Balaban J connectivity index is 1.86. The summed E-state index contributed by atoms with van der Waals surface area (Å²) in [7, 11) is 2.13. The van der Waals surface area contributed by atoms with Crippen molar-refractivity contribution in [2.45, 2.75) is 39.7 Å². The third-order valence-electron chi connectivity index (χ3n) is 4.91. The molecule has 3 aromatic rings. The van der Waals surface area contributed by atoms with E-state index in [-0.39, 0.29) is 0 Å². The maximum absolute atomic E-state index is 8.89. The molecule has 1 aliphatic rings. The molecule has 3 heteroatoms. The van der Waals surface area contributed by atoms with Gasteiger partial charge in [-0.3, -0.25) is 4.98 Å². The molecule has 124 valence electrons. The van der Waals surface area contributed by atoms with Gasteiger partial charge in [-0.1, -0.05) is 17.7 Å². The molecule has 0 saturated carbocycles. The number of nitrogens with zero attached hydrogens (tertiary/aromatic N) is 3. The lowest BCUT2D eigenvalue weighted by Gasteiger charge is -2.24. The predicted molar refractivity (Wildman–Crippen MR) is 99.4 cm³/mol. The summed E-state index contributed by atoms with van der Waals surface area (Å²) in [5.41, 5.74) is 6.53. The maximum Gasteiger partial charge on any atom is 0.0501 e. The summed E-state index contributed by atoms with van der Waals surface area (Å²) in [4.78, 5) is 6.65. The van der Waals surface area contributed by atoms with Gasteiger partial charge >= 0.3 is 0 Å². The van der Waals surface area contributed by atoms with Crippen LogP contribution in [0.1, 0.15) is 30.8 Å². The van der Waals surface area contributed by atoms with Crippen LogP contribution in [-0.2, 0) is 25.9 Å². The summed E-state index contributed by atoms with van der Waals surface area (Å²) in [5, 5.41) is 1.19. The first-order valence-corrected chi connectivity index (χ1v) is 8.58. The topological polar surface area (TPSA) is 21.1 Å². The van der Waals surface area contributed by atoms with Gasteiger partial charge < -0.3 is 9.47 Å². The van der Waals surface area contributed by atoms with Crippen LogP contribution < -0.4 is 0 Å². The molecule has 3 nitrogen and oxygen atoms in total. The highest BCUT2D eigenvalue weighted by Gasteiger charge is 2.22. The molecular weight excluding hydrogens is 294 g/mol. The van der Waals surface area contributed by atoms with E-state index in [9.17, 15) is 0 Å². The third-order valence-corrected chi connectivity index (χ3v) is 4.91. The molecule has 4 rings (SSSR count). The lowest BCUT2D eigenvalue weighted by molar-refractivity contribution is 0.309. The molecule has 0 spiro atoms. The first kappa shape index (κ1) is 13.2. The summed E-state index contributed by atoms with van der Waals surface area (Å²) in [6.07, 6.45) is 2.99. The third kappa shape index (κ3) is 2.73. The SMILES string of the molecule is [2H]C([2H])(Cc1ccc(C)nc1)n1c2c(c3cc(C)ccc31)CN(C)CC2. The molecule has 0 radical (unpaired) electrons. The lowest BCUT2D eigenvalue weighted by Crippen LogP contribution is -2.27. The van der Waals surface area contributed by atoms with Crippen molar-refractivity contribution in [3.8, 4) is 0 Å². The van der Waals surface area contributed by atoms with E-state index in [0.29, 0.717) is 6.42 Å². The number of fused-ring (bicyclic) bond motifs is 3. The zero-order chi connectivity index (χ0) is 18.5. The summed E-state index contributed by atoms with van der Waals surface area (Å²) in [6, 6.07) is 10.3. The Morgan fingerprint density at radius 2 is 2.08 bits per heavy atom. The van der Waals surface area contributed by atoms with Crippen LogP contribution >= 0.6 is 0 Å². The molecule has 0 bridgehead atoms. The van der Waals surface area contributed by atoms with Crippen molar-refractivity contribution in [2.75, 3.05) is 13.6 Å². The second-order valence-electron chi connectivity index (χ2n) is 6.91. The molecule has 0 unspecified atom stereocenters. The molecule has 0 amide bonds. The number of likely N-dealkylation sites (N-methyl/N-ethyl adjacent to an activating group) is 1. The molecule has 2 aromatic heterocycles. The van der Waals surface area contributed by atoms with Gasteiger partial charge in [0.25, 0.3) is 0 Å².